The number of pyridine rings is 1. The van der Waals surface area contributed by atoms with Crippen LogP contribution >= 0.6 is 0 Å². The molecule has 20 heavy (non-hydrogen) atoms. The maximum Gasteiger partial charge on any atom is 0.390 e. The fraction of sp³-hybridized carbons (Fsp3) is 0.538. The van der Waals surface area contributed by atoms with Gasteiger partial charge in [-0.3, -0.25) is 4.68 Å². The molecule has 2 aromatic heterocycles. The predicted octanol–water partition coefficient (Wildman–Crippen LogP) is 2.71. The fourth-order valence-corrected chi connectivity index (χ4v) is 2.16. The van der Waals surface area contributed by atoms with Gasteiger partial charge in [-0.25, -0.2) is 4.98 Å². The summed E-state index contributed by atoms with van der Waals surface area (Å²) in [5.41, 5.74) is 2.48. The minimum absolute atomic E-state index is 0.356. The molecule has 0 fully saturated rings. The van der Waals surface area contributed by atoms with Gasteiger partial charge in [-0.2, -0.15) is 18.3 Å². The third-order valence-corrected chi connectivity index (χ3v) is 3.11. The summed E-state index contributed by atoms with van der Waals surface area (Å²) in [4.78, 5) is 4.29. The zero-order chi connectivity index (χ0) is 14.9. The first kappa shape index (κ1) is 14.8. The lowest BCUT2D eigenvalue weighted by Gasteiger charge is -2.15. The lowest BCUT2D eigenvalue weighted by Crippen LogP contribution is -2.30. The van der Waals surface area contributed by atoms with E-state index in [1.54, 1.807) is 10.9 Å². The maximum atomic E-state index is 12.2. The molecule has 0 aliphatic carbocycles. The smallest absolute Gasteiger partial charge is 0.310 e. The summed E-state index contributed by atoms with van der Waals surface area (Å²) >= 11 is 0. The molecule has 7 heteroatoms. The first-order valence-corrected chi connectivity index (χ1v) is 6.34. The van der Waals surface area contributed by atoms with Crippen molar-refractivity contribution in [2.24, 2.45) is 7.05 Å². The highest BCUT2D eigenvalue weighted by atomic mass is 19.4. The highest BCUT2D eigenvalue weighted by Crippen LogP contribution is 2.21. The predicted molar refractivity (Wildman–Crippen MR) is 70.2 cm³/mol. The quantitative estimate of drug-likeness (QED) is 0.939. The van der Waals surface area contributed by atoms with Crippen molar-refractivity contribution in [3.63, 3.8) is 0 Å². The number of nitrogens with one attached hydrogen (secondary N) is 1. The molecule has 1 unspecified atom stereocenters. The summed E-state index contributed by atoms with van der Waals surface area (Å²) in [6, 6.07) is 1.29. The molecular formula is C13H17F3N4. The highest BCUT2D eigenvalue weighted by molar-refractivity contribution is 5.78. The molecular weight excluding hydrogens is 269 g/mol. The largest absolute Gasteiger partial charge is 0.390 e. The average Bonchev–Trinajstić information content (AvgIpc) is 2.60. The van der Waals surface area contributed by atoms with Crippen molar-refractivity contribution in [3.05, 3.63) is 23.5 Å². The van der Waals surface area contributed by atoms with Crippen molar-refractivity contribution < 1.29 is 13.2 Å². The van der Waals surface area contributed by atoms with E-state index in [1.807, 2.05) is 20.0 Å². The van der Waals surface area contributed by atoms with Crippen molar-refractivity contribution in [1.29, 1.82) is 0 Å². The monoisotopic (exact) mass is 286 g/mol. The Kier molecular flexibility index (Phi) is 3.99. The van der Waals surface area contributed by atoms with E-state index in [-0.39, 0.29) is 0 Å². The number of hydrogen-bond acceptors (Lipinski definition) is 3. The van der Waals surface area contributed by atoms with E-state index in [0.717, 1.165) is 22.3 Å². The summed E-state index contributed by atoms with van der Waals surface area (Å²) in [6.07, 6.45) is -3.32. The SMILES string of the molecule is Cc1nn(C)c2ncc(CNC(C)CC(F)(F)F)cc12. The van der Waals surface area contributed by atoms with Gasteiger partial charge >= 0.3 is 6.18 Å². The van der Waals surface area contributed by atoms with E-state index in [9.17, 15) is 13.2 Å². The van der Waals surface area contributed by atoms with Crippen molar-refractivity contribution in [1.82, 2.24) is 20.1 Å². The molecule has 110 valence electrons. The van der Waals surface area contributed by atoms with Crippen LogP contribution in [0.4, 0.5) is 13.2 Å². The Bertz CT molecular complexity index is 603. The average molecular weight is 286 g/mol. The van der Waals surface area contributed by atoms with Gasteiger partial charge in [-0.05, 0) is 25.5 Å². The number of aromatic nitrogens is 3. The summed E-state index contributed by atoms with van der Waals surface area (Å²) in [7, 11) is 1.81. The van der Waals surface area contributed by atoms with Gasteiger partial charge < -0.3 is 5.32 Å². The number of halogens is 3. The van der Waals surface area contributed by atoms with Crippen molar-refractivity contribution in [3.8, 4) is 0 Å². The fourth-order valence-electron chi connectivity index (χ4n) is 2.16. The Morgan fingerprint density at radius 3 is 2.75 bits per heavy atom. The van der Waals surface area contributed by atoms with Gasteiger partial charge in [0, 0.05) is 31.2 Å². The second-order valence-electron chi connectivity index (χ2n) is 5.03. The van der Waals surface area contributed by atoms with Gasteiger partial charge in [0.1, 0.15) is 0 Å². The van der Waals surface area contributed by atoms with Gasteiger partial charge in [0.2, 0.25) is 0 Å². The summed E-state index contributed by atoms with van der Waals surface area (Å²) < 4.78 is 38.4. The minimum Gasteiger partial charge on any atom is -0.310 e. The Hall–Kier alpha value is -1.63. The van der Waals surface area contributed by atoms with Gasteiger partial charge in [0.25, 0.3) is 0 Å². The van der Waals surface area contributed by atoms with Gasteiger partial charge in [-0.1, -0.05) is 0 Å². The molecule has 0 spiro atoms. The van der Waals surface area contributed by atoms with Crippen LogP contribution in [0.15, 0.2) is 12.3 Å². The number of aryl methyl sites for hydroxylation is 2. The number of rotatable bonds is 4. The summed E-state index contributed by atoms with van der Waals surface area (Å²) in [5.74, 6) is 0. The van der Waals surface area contributed by atoms with Crippen LogP contribution in [0.1, 0.15) is 24.6 Å². The van der Waals surface area contributed by atoms with E-state index in [2.05, 4.69) is 15.4 Å². The van der Waals surface area contributed by atoms with E-state index in [4.69, 9.17) is 0 Å². The van der Waals surface area contributed by atoms with E-state index >= 15 is 0 Å². The van der Waals surface area contributed by atoms with Crippen LogP contribution in [0.25, 0.3) is 11.0 Å². The second kappa shape index (κ2) is 5.40. The number of nitrogens with zero attached hydrogens (tertiary/aromatic N) is 3. The van der Waals surface area contributed by atoms with Gasteiger partial charge in [-0.15, -0.1) is 0 Å². The Morgan fingerprint density at radius 1 is 1.40 bits per heavy atom. The van der Waals surface area contributed by atoms with Crippen LogP contribution < -0.4 is 5.32 Å². The molecule has 2 aromatic rings. The van der Waals surface area contributed by atoms with Gasteiger partial charge in [0.05, 0.1) is 12.1 Å². The molecule has 2 heterocycles. The highest BCUT2D eigenvalue weighted by Gasteiger charge is 2.29. The van der Waals surface area contributed by atoms with Crippen molar-refractivity contribution >= 4 is 11.0 Å². The van der Waals surface area contributed by atoms with Crippen LogP contribution in [0.3, 0.4) is 0 Å². The summed E-state index contributed by atoms with van der Waals surface area (Å²) in [5, 5.41) is 8.05. The molecule has 4 nitrogen and oxygen atoms in total. The molecule has 0 radical (unpaired) electrons. The standard InChI is InChI=1S/C13H17F3N4/c1-8(5-13(14,15)16)17-6-10-4-11-9(2)19-20(3)12(11)18-7-10/h4,7-8,17H,5-6H2,1-3H3. The third-order valence-electron chi connectivity index (χ3n) is 3.11. The first-order chi connectivity index (χ1) is 9.26. The lowest BCUT2D eigenvalue weighted by molar-refractivity contribution is -0.139. The molecule has 0 bridgehead atoms. The van der Waals surface area contributed by atoms with Crippen LogP contribution in [0.5, 0.6) is 0 Å². The zero-order valence-electron chi connectivity index (χ0n) is 11.6. The first-order valence-electron chi connectivity index (χ1n) is 6.34. The lowest BCUT2D eigenvalue weighted by atomic mass is 10.2. The van der Waals surface area contributed by atoms with Crippen LogP contribution in [-0.4, -0.2) is 27.0 Å². The normalized spacial score (nSPS) is 13.9. The van der Waals surface area contributed by atoms with Crippen LogP contribution in [-0.2, 0) is 13.6 Å². The van der Waals surface area contributed by atoms with E-state index in [1.165, 1.54) is 6.92 Å². The van der Waals surface area contributed by atoms with E-state index < -0.39 is 18.6 Å². The topological polar surface area (TPSA) is 42.7 Å². The molecule has 2 rings (SSSR count). The third kappa shape index (κ3) is 3.47. The number of fused-ring (bicyclic) bond motifs is 1. The molecule has 0 aliphatic heterocycles. The van der Waals surface area contributed by atoms with Crippen LogP contribution in [0.2, 0.25) is 0 Å². The maximum absolute atomic E-state index is 12.2. The molecule has 0 saturated heterocycles. The number of alkyl halides is 3. The van der Waals surface area contributed by atoms with E-state index in [0.29, 0.717) is 6.54 Å². The molecule has 1 atom stereocenters. The Morgan fingerprint density at radius 2 is 2.10 bits per heavy atom. The molecule has 0 saturated carbocycles. The van der Waals surface area contributed by atoms with Crippen LogP contribution in [0, 0.1) is 6.92 Å². The zero-order valence-corrected chi connectivity index (χ0v) is 11.6. The Labute approximate surface area is 115 Å². The molecule has 1 N–H and O–H groups in total. The molecule has 0 amide bonds. The Balaban J connectivity index is 2.05. The minimum atomic E-state index is -4.14. The number of hydrogen-bond donors (Lipinski definition) is 1. The second-order valence-corrected chi connectivity index (χ2v) is 5.03. The molecule has 0 aromatic carbocycles. The van der Waals surface area contributed by atoms with Gasteiger partial charge in [0.15, 0.2) is 5.65 Å². The van der Waals surface area contributed by atoms with Crippen molar-refractivity contribution in [2.45, 2.75) is 39.0 Å². The summed E-state index contributed by atoms with van der Waals surface area (Å²) in [6.45, 7) is 3.76. The van der Waals surface area contributed by atoms with Crippen molar-refractivity contribution in [2.75, 3.05) is 0 Å². The molecule has 0 aliphatic rings.